The minimum absolute atomic E-state index is 0.295. The van der Waals surface area contributed by atoms with Gasteiger partial charge in [0, 0.05) is 6.26 Å². The first-order chi connectivity index (χ1) is 8.65. The molecule has 1 heterocycles. The van der Waals surface area contributed by atoms with Gasteiger partial charge in [0.25, 0.3) is 0 Å². The molecule has 96 valence electrons. The lowest BCUT2D eigenvalue weighted by Gasteiger charge is -2.31. The lowest BCUT2D eigenvalue weighted by molar-refractivity contribution is -0.137. The molecule has 2 rings (SSSR count). The van der Waals surface area contributed by atoms with Gasteiger partial charge in [0.2, 0.25) is 0 Å². The van der Waals surface area contributed by atoms with Crippen LogP contribution in [0.4, 0.5) is 0 Å². The third-order valence-corrected chi connectivity index (χ3v) is 4.90. The zero-order valence-electron chi connectivity index (χ0n) is 10.5. The van der Waals surface area contributed by atoms with Gasteiger partial charge in [-0.2, -0.15) is 0 Å². The van der Waals surface area contributed by atoms with Crippen LogP contribution in [-0.2, 0) is 9.53 Å². The van der Waals surface area contributed by atoms with Crippen LogP contribution in [0.25, 0.3) is 0 Å². The molecular weight excluding hydrogens is 248 g/mol. The van der Waals surface area contributed by atoms with Gasteiger partial charge in [-0.05, 0) is 40.8 Å². The summed E-state index contributed by atoms with van der Waals surface area (Å²) in [6, 6.07) is 9.51. The van der Waals surface area contributed by atoms with E-state index in [2.05, 4.69) is 0 Å². The fourth-order valence-corrected chi connectivity index (χ4v) is 3.59. The van der Waals surface area contributed by atoms with Crippen LogP contribution in [0, 0.1) is 0 Å². The van der Waals surface area contributed by atoms with Crippen LogP contribution in [-0.4, -0.2) is 18.8 Å². The number of rotatable bonds is 4. The van der Waals surface area contributed by atoms with Crippen molar-refractivity contribution in [2.75, 3.05) is 12.9 Å². The molecule has 0 saturated heterocycles. The number of ether oxygens (including phenoxy) is 1. The second-order valence-electron chi connectivity index (χ2n) is 3.88. The van der Waals surface area contributed by atoms with E-state index in [9.17, 15) is 4.79 Å². The smallest absolute Gasteiger partial charge is 0.346 e. The van der Waals surface area contributed by atoms with Crippen LogP contribution in [0.5, 0.6) is 5.75 Å². The van der Waals surface area contributed by atoms with Crippen molar-refractivity contribution in [1.29, 1.82) is 0 Å². The van der Waals surface area contributed by atoms with Crippen LogP contribution in [0.1, 0.15) is 6.92 Å². The topological polar surface area (TPSA) is 35.5 Å². The summed E-state index contributed by atoms with van der Waals surface area (Å²) in [5.41, 5.74) is 0. The summed E-state index contributed by atoms with van der Waals surface area (Å²) in [4.78, 5) is 12.5. The van der Waals surface area contributed by atoms with Crippen molar-refractivity contribution in [2.24, 2.45) is 0 Å². The molecule has 1 aromatic carbocycles. The van der Waals surface area contributed by atoms with Crippen molar-refractivity contribution in [1.82, 2.24) is 0 Å². The Hall–Kier alpha value is -1.68. The van der Waals surface area contributed by atoms with Crippen LogP contribution in [0.2, 0.25) is 0 Å². The predicted molar refractivity (Wildman–Crippen MR) is 74.4 cm³/mol. The molecular formula is C14H16O3S. The van der Waals surface area contributed by atoms with Gasteiger partial charge in [0.05, 0.1) is 6.61 Å². The van der Waals surface area contributed by atoms with Gasteiger partial charge < -0.3 is 8.92 Å². The fraction of sp³-hybridized carbons (Fsp3) is 0.214. The van der Waals surface area contributed by atoms with Crippen LogP contribution < -0.4 is 4.18 Å². The molecule has 0 aromatic heterocycles. The number of hydrogen-bond donors (Lipinski definition) is 0. The van der Waals surface area contributed by atoms with Gasteiger partial charge in [-0.25, -0.2) is 4.79 Å². The third kappa shape index (κ3) is 2.59. The fourth-order valence-electron chi connectivity index (χ4n) is 1.67. The van der Waals surface area contributed by atoms with E-state index in [4.69, 9.17) is 8.92 Å². The van der Waals surface area contributed by atoms with Crippen molar-refractivity contribution in [3.8, 4) is 5.75 Å². The standard InChI is InChI=1S/C14H16O3S/c1-3-16-14(15)13-10-7-11-18(13,2)17-12-8-5-4-6-9-12/h4-11H,3H2,1-2H3. The quantitative estimate of drug-likeness (QED) is 0.782. The van der Waals surface area contributed by atoms with E-state index in [0.717, 1.165) is 5.75 Å². The molecule has 0 fully saturated rings. The summed E-state index contributed by atoms with van der Waals surface area (Å²) in [6.45, 7) is 2.17. The molecule has 18 heavy (non-hydrogen) atoms. The number of carbonyl (C=O) groups is 1. The van der Waals surface area contributed by atoms with Crippen molar-refractivity contribution in [2.45, 2.75) is 6.92 Å². The Labute approximate surface area is 109 Å². The lowest BCUT2D eigenvalue weighted by atomic mass is 10.3. The summed E-state index contributed by atoms with van der Waals surface area (Å²) < 4.78 is 11.0. The van der Waals surface area contributed by atoms with E-state index in [-0.39, 0.29) is 5.97 Å². The molecule has 0 spiro atoms. The summed E-state index contributed by atoms with van der Waals surface area (Å²) in [6.07, 6.45) is 5.56. The molecule has 0 bridgehead atoms. The van der Waals surface area contributed by atoms with Crippen LogP contribution in [0.15, 0.2) is 52.8 Å². The van der Waals surface area contributed by atoms with Crippen LogP contribution in [0.3, 0.4) is 0 Å². The molecule has 0 aliphatic carbocycles. The number of benzene rings is 1. The Morgan fingerprint density at radius 2 is 2.00 bits per heavy atom. The maximum Gasteiger partial charge on any atom is 0.346 e. The minimum Gasteiger partial charge on any atom is -0.462 e. The van der Waals surface area contributed by atoms with Gasteiger partial charge >= 0.3 is 5.97 Å². The lowest BCUT2D eigenvalue weighted by Crippen LogP contribution is -2.14. The van der Waals surface area contributed by atoms with Crippen molar-refractivity contribution >= 4 is 16.3 Å². The molecule has 4 heteroatoms. The molecule has 1 atom stereocenters. The summed E-state index contributed by atoms with van der Waals surface area (Å²) in [5, 5.41) is 1.94. The summed E-state index contributed by atoms with van der Waals surface area (Å²) in [7, 11) is -1.71. The van der Waals surface area contributed by atoms with Gasteiger partial charge in [-0.3, -0.25) is 0 Å². The highest BCUT2D eigenvalue weighted by Gasteiger charge is 2.32. The maximum absolute atomic E-state index is 11.9. The van der Waals surface area contributed by atoms with E-state index >= 15 is 0 Å². The van der Waals surface area contributed by atoms with Crippen molar-refractivity contribution in [3.05, 3.63) is 52.8 Å². The molecule has 1 aliphatic heterocycles. The summed E-state index contributed by atoms with van der Waals surface area (Å²) >= 11 is 0. The first-order valence-electron chi connectivity index (χ1n) is 5.74. The van der Waals surface area contributed by atoms with Gasteiger partial charge in [0.15, 0.2) is 0 Å². The van der Waals surface area contributed by atoms with E-state index in [1.54, 1.807) is 13.0 Å². The molecule has 0 N–H and O–H groups in total. The monoisotopic (exact) mass is 264 g/mol. The number of carbonyl (C=O) groups excluding carboxylic acids is 1. The molecule has 0 amide bonds. The third-order valence-electron chi connectivity index (χ3n) is 2.51. The number of hydrogen-bond acceptors (Lipinski definition) is 3. The van der Waals surface area contributed by atoms with Crippen molar-refractivity contribution < 1.29 is 13.7 Å². The molecule has 0 radical (unpaired) electrons. The largest absolute Gasteiger partial charge is 0.462 e. The molecule has 1 aliphatic rings. The average molecular weight is 264 g/mol. The van der Waals surface area contributed by atoms with Gasteiger partial charge in [-0.15, -0.1) is 0 Å². The Balaban J connectivity index is 2.18. The molecule has 3 nitrogen and oxygen atoms in total. The van der Waals surface area contributed by atoms with E-state index in [1.165, 1.54) is 0 Å². The maximum atomic E-state index is 11.9. The Morgan fingerprint density at radius 3 is 2.67 bits per heavy atom. The molecule has 1 unspecified atom stereocenters. The average Bonchev–Trinajstić information content (AvgIpc) is 2.72. The highest BCUT2D eigenvalue weighted by Crippen LogP contribution is 2.57. The first kappa shape index (κ1) is 12.8. The van der Waals surface area contributed by atoms with Crippen molar-refractivity contribution in [3.63, 3.8) is 0 Å². The van der Waals surface area contributed by atoms with E-state index in [0.29, 0.717) is 11.5 Å². The SMILES string of the molecule is CCOC(=O)C1=CC=CS1(C)Oc1ccccc1. The van der Waals surface area contributed by atoms with E-state index < -0.39 is 10.3 Å². The Kier molecular flexibility index (Phi) is 3.77. The van der Waals surface area contributed by atoms with Gasteiger partial charge in [-0.1, -0.05) is 24.3 Å². The normalized spacial score (nSPS) is 25.1. The minimum atomic E-state index is -1.71. The highest BCUT2D eigenvalue weighted by molar-refractivity contribution is 8.35. The summed E-state index contributed by atoms with van der Waals surface area (Å²) in [5.74, 6) is 0.465. The van der Waals surface area contributed by atoms with Crippen LogP contribution >= 0.6 is 10.3 Å². The Bertz CT molecular complexity index is 493. The number of para-hydroxylation sites is 1. The van der Waals surface area contributed by atoms with E-state index in [1.807, 2.05) is 48.1 Å². The number of esters is 1. The zero-order chi connectivity index (χ0) is 13.0. The first-order valence-corrected chi connectivity index (χ1v) is 7.77. The van der Waals surface area contributed by atoms with Gasteiger partial charge in [0.1, 0.15) is 10.7 Å². The Morgan fingerprint density at radius 1 is 1.28 bits per heavy atom. The second kappa shape index (κ2) is 5.31. The predicted octanol–water partition coefficient (Wildman–Crippen LogP) is 3.39. The molecule has 1 aromatic rings. The second-order valence-corrected chi connectivity index (χ2v) is 6.57. The molecule has 0 saturated carbocycles. The number of allylic oxidation sites excluding steroid dienone is 2. The highest BCUT2D eigenvalue weighted by atomic mass is 32.3. The zero-order valence-corrected chi connectivity index (χ0v) is 11.3.